The third-order valence-corrected chi connectivity index (χ3v) is 3.64. The molecule has 1 aliphatic heterocycles. The zero-order valence-electron chi connectivity index (χ0n) is 9.66. The van der Waals surface area contributed by atoms with Gasteiger partial charge in [-0.1, -0.05) is 6.07 Å². The molecule has 0 spiro atoms. The second kappa shape index (κ2) is 4.69. The highest BCUT2D eigenvalue weighted by Crippen LogP contribution is 2.21. The van der Waals surface area contributed by atoms with E-state index in [9.17, 15) is 8.42 Å². The van der Waals surface area contributed by atoms with Gasteiger partial charge in [0.25, 0.3) is 10.0 Å². The van der Waals surface area contributed by atoms with Gasteiger partial charge in [0, 0.05) is 12.1 Å². The minimum absolute atomic E-state index is 0.0285. The Bertz CT molecular complexity index is 620. The summed E-state index contributed by atoms with van der Waals surface area (Å²) in [5.41, 5.74) is 5.33. The fourth-order valence-electron chi connectivity index (χ4n) is 1.42. The van der Waals surface area contributed by atoms with Gasteiger partial charge in [-0.25, -0.2) is 0 Å². The van der Waals surface area contributed by atoms with E-state index >= 15 is 0 Å². The second-order valence-corrected chi connectivity index (χ2v) is 5.23. The molecule has 0 unspecified atom stereocenters. The van der Waals surface area contributed by atoms with E-state index in [1.165, 1.54) is 13.2 Å². The Morgan fingerprint density at radius 2 is 2.06 bits per heavy atom. The summed E-state index contributed by atoms with van der Waals surface area (Å²) in [4.78, 5) is 0.0443. The summed E-state index contributed by atoms with van der Waals surface area (Å²) in [6.07, 6.45) is 1.29. The molecule has 0 fully saturated rings. The first-order valence-corrected chi connectivity index (χ1v) is 6.53. The maximum absolute atomic E-state index is 11.5. The number of benzene rings is 1. The molecule has 0 radical (unpaired) electrons. The average molecular weight is 268 g/mol. The zero-order chi connectivity index (χ0) is 13.2. The van der Waals surface area contributed by atoms with Crippen molar-refractivity contribution in [3.63, 3.8) is 0 Å². The Kier molecular flexibility index (Phi) is 3.24. The van der Waals surface area contributed by atoms with E-state index in [-0.39, 0.29) is 17.3 Å². The van der Waals surface area contributed by atoms with Gasteiger partial charge < -0.3 is 15.2 Å². The molecule has 0 bridgehead atoms. The van der Waals surface area contributed by atoms with Crippen LogP contribution in [-0.2, 0) is 10.0 Å². The smallest absolute Gasteiger partial charge is 0.283 e. The van der Waals surface area contributed by atoms with Crippen molar-refractivity contribution in [1.29, 1.82) is 0 Å². The Morgan fingerprint density at radius 1 is 1.33 bits per heavy atom. The number of rotatable bonds is 4. The molecule has 0 saturated carbocycles. The predicted molar refractivity (Wildman–Crippen MR) is 67.1 cm³/mol. The van der Waals surface area contributed by atoms with Crippen LogP contribution in [0.2, 0.25) is 0 Å². The van der Waals surface area contributed by atoms with Gasteiger partial charge in [0.2, 0.25) is 0 Å². The van der Waals surface area contributed by atoms with Crippen molar-refractivity contribution >= 4 is 15.9 Å². The summed E-state index contributed by atoms with van der Waals surface area (Å²) < 4.78 is 36.7. The predicted octanol–water partition coefficient (Wildman–Crippen LogP) is 0.659. The molecule has 0 amide bonds. The Morgan fingerprint density at radius 3 is 2.67 bits per heavy atom. The molecule has 96 valence electrons. The van der Waals surface area contributed by atoms with Crippen molar-refractivity contribution in [2.24, 2.45) is 10.1 Å². The average Bonchev–Trinajstić information content (AvgIpc) is 2.59. The highest BCUT2D eigenvalue weighted by atomic mass is 32.2. The summed E-state index contributed by atoms with van der Waals surface area (Å²) >= 11 is 0. The topological polar surface area (TPSA) is 91.0 Å². The van der Waals surface area contributed by atoms with E-state index in [0.717, 1.165) is 0 Å². The maximum atomic E-state index is 11.5. The molecule has 0 aliphatic carbocycles. The summed E-state index contributed by atoms with van der Waals surface area (Å²) in [6.45, 7) is -0.111. The quantitative estimate of drug-likeness (QED) is 0.866. The van der Waals surface area contributed by atoms with Gasteiger partial charge in [0.05, 0.1) is 7.11 Å². The molecule has 2 N–H and O–H groups in total. The Labute approximate surface area is 105 Å². The monoisotopic (exact) mass is 268 g/mol. The van der Waals surface area contributed by atoms with Gasteiger partial charge in [-0.15, -0.1) is 4.40 Å². The number of amidine groups is 1. The maximum Gasteiger partial charge on any atom is 0.283 e. The van der Waals surface area contributed by atoms with Gasteiger partial charge >= 0.3 is 0 Å². The fraction of sp³-hybridized carbons (Fsp3) is 0.182. The Balaban J connectivity index is 2.07. The number of nitrogens with zero attached hydrogens (tertiary/aromatic N) is 1. The van der Waals surface area contributed by atoms with Crippen LogP contribution in [0.4, 0.5) is 0 Å². The lowest BCUT2D eigenvalue weighted by Crippen LogP contribution is -2.07. The number of hydrogen-bond donors (Lipinski definition) is 1. The van der Waals surface area contributed by atoms with Gasteiger partial charge in [-0.2, -0.15) is 8.42 Å². The molecule has 6 nitrogen and oxygen atoms in total. The van der Waals surface area contributed by atoms with E-state index in [0.29, 0.717) is 11.5 Å². The molecule has 0 atom stereocenters. The van der Waals surface area contributed by atoms with Crippen LogP contribution in [0.15, 0.2) is 39.6 Å². The lowest BCUT2D eigenvalue weighted by molar-refractivity contribution is 0.352. The van der Waals surface area contributed by atoms with Crippen LogP contribution >= 0.6 is 0 Å². The molecule has 1 heterocycles. The number of nitrogens with two attached hydrogens (primary N) is 1. The molecule has 2 rings (SSSR count). The summed E-state index contributed by atoms with van der Waals surface area (Å²) in [5.74, 6) is 1.11. The highest BCUT2D eigenvalue weighted by molar-refractivity contribution is 7.94. The van der Waals surface area contributed by atoms with E-state index in [2.05, 4.69) is 4.40 Å². The highest BCUT2D eigenvalue weighted by Gasteiger charge is 2.23. The first-order valence-electron chi connectivity index (χ1n) is 5.09. The first-order chi connectivity index (χ1) is 8.51. The van der Waals surface area contributed by atoms with Crippen LogP contribution in [-0.4, -0.2) is 28.0 Å². The lowest BCUT2D eigenvalue weighted by Gasteiger charge is -2.07. The third-order valence-electron chi connectivity index (χ3n) is 2.29. The van der Waals surface area contributed by atoms with E-state index in [1.54, 1.807) is 24.3 Å². The van der Waals surface area contributed by atoms with Gasteiger partial charge in [-0.05, 0) is 12.1 Å². The van der Waals surface area contributed by atoms with Crippen molar-refractivity contribution < 1.29 is 17.9 Å². The van der Waals surface area contributed by atoms with Crippen molar-refractivity contribution in [2.45, 2.75) is 0 Å². The van der Waals surface area contributed by atoms with Crippen LogP contribution in [0, 0.1) is 0 Å². The molecule has 7 heteroatoms. The number of ether oxygens (including phenoxy) is 2. The van der Waals surface area contributed by atoms with Crippen LogP contribution in [0.1, 0.15) is 0 Å². The lowest BCUT2D eigenvalue weighted by atomic mass is 10.3. The number of methoxy groups -OCH3 is 1. The number of hydrogen-bond acceptors (Lipinski definition) is 5. The van der Waals surface area contributed by atoms with Crippen LogP contribution in [0.5, 0.6) is 11.5 Å². The standard InChI is InChI=1S/C11H12N2O4S/c1-16-8-3-2-4-9(5-8)17-7-10-6-11(12)13-18(10,14)15/h2-6H,7H2,1H3,(H2,12,13). The van der Waals surface area contributed by atoms with Crippen molar-refractivity contribution in [1.82, 2.24) is 0 Å². The van der Waals surface area contributed by atoms with Crippen molar-refractivity contribution in [3.8, 4) is 11.5 Å². The fourth-order valence-corrected chi connectivity index (χ4v) is 2.35. The molecular formula is C11H12N2O4S. The van der Waals surface area contributed by atoms with Gasteiger partial charge in [-0.3, -0.25) is 0 Å². The van der Waals surface area contributed by atoms with Gasteiger partial charge in [0.15, 0.2) is 0 Å². The summed E-state index contributed by atoms with van der Waals surface area (Å²) in [5, 5.41) is 0. The molecule has 0 aromatic heterocycles. The van der Waals surface area contributed by atoms with Crippen LogP contribution in [0.3, 0.4) is 0 Å². The van der Waals surface area contributed by atoms with E-state index in [4.69, 9.17) is 15.2 Å². The van der Waals surface area contributed by atoms with Crippen LogP contribution < -0.4 is 15.2 Å². The molecule has 0 saturated heterocycles. The molecular weight excluding hydrogens is 256 g/mol. The Hall–Kier alpha value is -2.02. The first kappa shape index (κ1) is 12.4. The van der Waals surface area contributed by atoms with E-state index in [1.807, 2.05) is 0 Å². The SMILES string of the molecule is COc1cccc(OCC2=CC(N)=NS2(=O)=O)c1. The molecule has 1 aromatic carbocycles. The van der Waals surface area contributed by atoms with Crippen molar-refractivity contribution in [2.75, 3.05) is 13.7 Å². The minimum atomic E-state index is -3.65. The summed E-state index contributed by atoms with van der Waals surface area (Å²) in [7, 11) is -2.11. The third kappa shape index (κ3) is 2.62. The second-order valence-electron chi connectivity index (χ2n) is 3.57. The molecule has 1 aliphatic rings. The minimum Gasteiger partial charge on any atom is -0.497 e. The van der Waals surface area contributed by atoms with Gasteiger partial charge in [0.1, 0.15) is 28.8 Å². The summed E-state index contributed by atoms with van der Waals surface area (Å²) in [6, 6.07) is 6.87. The largest absolute Gasteiger partial charge is 0.497 e. The van der Waals surface area contributed by atoms with Crippen molar-refractivity contribution in [3.05, 3.63) is 35.2 Å². The van der Waals surface area contributed by atoms with Crippen LogP contribution in [0.25, 0.3) is 0 Å². The number of sulfonamides is 1. The van der Waals surface area contributed by atoms with E-state index < -0.39 is 10.0 Å². The molecule has 18 heavy (non-hydrogen) atoms. The molecule has 1 aromatic rings. The normalized spacial score (nSPS) is 16.9. The zero-order valence-corrected chi connectivity index (χ0v) is 10.5.